The summed E-state index contributed by atoms with van der Waals surface area (Å²) in [6.45, 7) is 6.25. The number of hydrogen-bond donors (Lipinski definition) is 1. The maximum Gasteiger partial charge on any atom is 0.151 e. The highest BCUT2D eigenvalue weighted by atomic mass is 16.5. The molecule has 2 N–H and O–H groups in total. The summed E-state index contributed by atoms with van der Waals surface area (Å²) in [5.41, 5.74) is 6.32. The smallest absolute Gasteiger partial charge is 0.151 e. The summed E-state index contributed by atoms with van der Waals surface area (Å²) < 4.78 is 10.9. The van der Waals surface area contributed by atoms with E-state index in [2.05, 4.69) is 17.0 Å². The number of piperidine rings is 1. The quantitative estimate of drug-likeness (QED) is 0.834. The van der Waals surface area contributed by atoms with Crippen molar-refractivity contribution in [3.8, 4) is 0 Å². The Balaban J connectivity index is 1.77. The van der Waals surface area contributed by atoms with Crippen molar-refractivity contribution in [3.63, 3.8) is 0 Å². The standard InChI is InChI=1S/C12H21N3O2/c1-2-16-11-3-5-15(6-4-11)9-12-7-10(8-13)14-17-12/h7,11H,2-6,8-9,13H2,1H3. The highest BCUT2D eigenvalue weighted by Crippen LogP contribution is 2.16. The molecule has 1 aromatic rings. The number of likely N-dealkylation sites (tertiary alicyclic amines) is 1. The van der Waals surface area contributed by atoms with E-state index in [0.717, 1.165) is 50.5 Å². The second kappa shape index (κ2) is 6.14. The minimum atomic E-state index is 0.436. The van der Waals surface area contributed by atoms with Gasteiger partial charge in [0.2, 0.25) is 0 Å². The first-order chi connectivity index (χ1) is 8.31. The summed E-state index contributed by atoms with van der Waals surface area (Å²) in [4.78, 5) is 2.37. The van der Waals surface area contributed by atoms with Gasteiger partial charge in [0.05, 0.1) is 18.3 Å². The molecule has 96 valence electrons. The summed E-state index contributed by atoms with van der Waals surface area (Å²) in [6, 6.07) is 1.94. The van der Waals surface area contributed by atoms with Gasteiger partial charge in [-0.2, -0.15) is 0 Å². The van der Waals surface area contributed by atoms with Gasteiger partial charge in [-0.15, -0.1) is 0 Å². The molecule has 1 saturated heterocycles. The molecule has 1 aliphatic rings. The van der Waals surface area contributed by atoms with Crippen LogP contribution in [0, 0.1) is 0 Å². The fourth-order valence-corrected chi connectivity index (χ4v) is 2.22. The molecule has 0 atom stereocenters. The molecular weight excluding hydrogens is 218 g/mol. The SMILES string of the molecule is CCOC1CCN(Cc2cc(CN)no2)CC1. The van der Waals surface area contributed by atoms with Crippen LogP contribution in [0.15, 0.2) is 10.6 Å². The van der Waals surface area contributed by atoms with Crippen LogP contribution in [0.25, 0.3) is 0 Å². The van der Waals surface area contributed by atoms with Gasteiger partial charge in [-0.25, -0.2) is 0 Å². The van der Waals surface area contributed by atoms with Gasteiger partial charge in [0, 0.05) is 32.3 Å². The molecule has 1 aromatic heterocycles. The average Bonchev–Trinajstić information content (AvgIpc) is 2.80. The second-order valence-corrected chi connectivity index (χ2v) is 4.42. The summed E-state index contributed by atoms with van der Waals surface area (Å²) in [5.74, 6) is 0.903. The number of hydrogen-bond acceptors (Lipinski definition) is 5. The van der Waals surface area contributed by atoms with Crippen LogP contribution in [0.5, 0.6) is 0 Å². The zero-order valence-electron chi connectivity index (χ0n) is 10.4. The Morgan fingerprint density at radius 2 is 2.29 bits per heavy atom. The Morgan fingerprint density at radius 1 is 1.53 bits per heavy atom. The van der Waals surface area contributed by atoms with Gasteiger partial charge < -0.3 is 15.0 Å². The minimum Gasteiger partial charge on any atom is -0.378 e. The summed E-state index contributed by atoms with van der Waals surface area (Å²) in [7, 11) is 0. The average molecular weight is 239 g/mol. The van der Waals surface area contributed by atoms with Crippen LogP contribution >= 0.6 is 0 Å². The van der Waals surface area contributed by atoms with E-state index in [9.17, 15) is 0 Å². The molecule has 0 bridgehead atoms. The van der Waals surface area contributed by atoms with Crippen LogP contribution in [0.3, 0.4) is 0 Å². The molecule has 0 unspecified atom stereocenters. The Labute approximate surface area is 102 Å². The van der Waals surface area contributed by atoms with E-state index >= 15 is 0 Å². The molecular formula is C12H21N3O2. The van der Waals surface area contributed by atoms with Crippen LogP contribution in [0.2, 0.25) is 0 Å². The highest BCUT2D eigenvalue weighted by Gasteiger charge is 2.20. The van der Waals surface area contributed by atoms with Crippen LogP contribution < -0.4 is 5.73 Å². The Kier molecular flexibility index (Phi) is 4.53. The summed E-state index contributed by atoms with van der Waals surface area (Å²) in [6.07, 6.45) is 2.64. The van der Waals surface area contributed by atoms with E-state index in [1.165, 1.54) is 0 Å². The second-order valence-electron chi connectivity index (χ2n) is 4.42. The van der Waals surface area contributed by atoms with Crippen molar-refractivity contribution in [1.29, 1.82) is 0 Å². The zero-order valence-corrected chi connectivity index (χ0v) is 10.4. The number of nitrogens with zero attached hydrogens (tertiary/aromatic N) is 2. The van der Waals surface area contributed by atoms with E-state index in [1.807, 2.05) is 6.07 Å². The fraction of sp³-hybridized carbons (Fsp3) is 0.750. The molecule has 0 aliphatic carbocycles. The predicted molar refractivity (Wildman–Crippen MR) is 64.3 cm³/mol. The largest absolute Gasteiger partial charge is 0.378 e. The third-order valence-electron chi connectivity index (χ3n) is 3.13. The molecule has 2 rings (SSSR count). The first-order valence-corrected chi connectivity index (χ1v) is 6.30. The monoisotopic (exact) mass is 239 g/mol. The first kappa shape index (κ1) is 12.5. The highest BCUT2D eigenvalue weighted by molar-refractivity contribution is 5.04. The molecule has 5 nitrogen and oxygen atoms in total. The van der Waals surface area contributed by atoms with Gasteiger partial charge in [0.25, 0.3) is 0 Å². The topological polar surface area (TPSA) is 64.5 Å². The molecule has 1 fully saturated rings. The Bertz CT molecular complexity index is 332. The van der Waals surface area contributed by atoms with Gasteiger partial charge >= 0.3 is 0 Å². The van der Waals surface area contributed by atoms with E-state index in [1.54, 1.807) is 0 Å². The lowest BCUT2D eigenvalue weighted by Crippen LogP contribution is -2.36. The van der Waals surface area contributed by atoms with Crippen molar-refractivity contribution in [2.75, 3.05) is 19.7 Å². The van der Waals surface area contributed by atoms with Crippen molar-refractivity contribution in [2.45, 2.75) is 39.0 Å². The normalized spacial score (nSPS) is 18.7. The van der Waals surface area contributed by atoms with Crippen LogP contribution in [-0.2, 0) is 17.8 Å². The Morgan fingerprint density at radius 3 is 2.88 bits per heavy atom. The molecule has 17 heavy (non-hydrogen) atoms. The first-order valence-electron chi connectivity index (χ1n) is 6.30. The predicted octanol–water partition coefficient (Wildman–Crippen LogP) is 1.13. The van der Waals surface area contributed by atoms with Gasteiger partial charge in [-0.1, -0.05) is 5.16 Å². The summed E-state index contributed by atoms with van der Waals surface area (Å²) >= 11 is 0. The lowest BCUT2D eigenvalue weighted by Gasteiger charge is -2.30. The van der Waals surface area contributed by atoms with Crippen molar-refractivity contribution >= 4 is 0 Å². The third-order valence-corrected chi connectivity index (χ3v) is 3.13. The fourth-order valence-electron chi connectivity index (χ4n) is 2.22. The van der Waals surface area contributed by atoms with Gasteiger partial charge in [0.1, 0.15) is 0 Å². The number of nitrogens with two attached hydrogens (primary N) is 1. The van der Waals surface area contributed by atoms with Gasteiger partial charge in [0.15, 0.2) is 5.76 Å². The lowest BCUT2D eigenvalue weighted by atomic mass is 10.1. The van der Waals surface area contributed by atoms with Crippen molar-refractivity contribution in [3.05, 3.63) is 17.5 Å². The van der Waals surface area contributed by atoms with Crippen LogP contribution in [0.4, 0.5) is 0 Å². The van der Waals surface area contributed by atoms with E-state index < -0.39 is 0 Å². The molecule has 0 saturated carbocycles. The number of rotatable bonds is 5. The number of ether oxygens (including phenoxy) is 1. The minimum absolute atomic E-state index is 0.436. The molecule has 1 aliphatic heterocycles. The molecule has 2 heterocycles. The molecule has 0 amide bonds. The van der Waals surface area contributed by atoms with E-state index in [0.29, 0.717) is 12.6 Å². The molecule has 0 radical (unpaired) electrons. The maximum absolute atomic E-state index is 5.62. The Hall–Kier alpha value is -0.910. The maximum atomic E-state index is 5.62. The lowest BCUT2D eigenvalue weighted by molar-refractivity contribution is 0.0108. The van der Waals surface area contributed by atoms with Crippen molar-refractivity contribution in [2.24, 2.45) is 5.73 Å². The van der Waals surface area contributed by atoms with Gasteiger partial charge in [-0.3, -0.25) is 4.90 Å². The summed E-state index contributed by atoms with van der Waals surface area (Å²) in [5, 5.41) is 3.89. The third kappa shape index (κ3) is 3.52. The van der Waals surface area contributed by atoms with Crippen molar-refractivity contribution in [1.82, 2.24) is 10.1 Å². The van der Waals surface area contributed by atoms with E-state index in [4.69, 9.17) is 15.0 Å². The van der Waals surface area contributed by atoms with Gasteiger partial charge in [-0.05, 0) is 19.8 Å². The van der Waals surface area contributed by atoms with Crippen molar-refractivity contribution < 1.29 is 9.26 Å². The van der Waals surface area contributed by atoms with Crippen LogP contribution in [-0.4, -0.2) is 35.9 Å². The molecule has 5 heteroatoms. The van der Waals surface area contributed by atoms with E-state index in [-0.39, 0.29) is 0 Å². The zero-order chi connectivity index (χ0) is 12.1. The number of aromatic nitrogens is 1. The molecule has 0 spiro atoms. The van der Waals surface area contributed by atoms with Crippen LogP contribution in [0.1, 0.15) is 31.2 Å². The molecule has 0 aromatic carbocycles.